The minimum Gasteiger partial charge on any atom is -0.349 e. The molecule has 0 bridgehead atoms. The molecule has 0 aliphatic carbocycles. The summed E-state index contributed by atoms with van der Waals surface area (Å²) in [5.41, 5.74) is 9.56. The van der Waals surface area contributed by atoms with Crippen molar-refractivity contribution in [2.45, 2.75) is 6.04 Å². The molecular formula is C24H21N5O2S. The van der Waals surface area contributed by atoms with Crippen LogP contribution < -0.4 is 16.4 Å². The fraction of sp³-hybridized carbons (Fsp3) is 0.0833. The van der Waals surface area contributed by atoms with Crippen molar-refractivity contribution in [2.75, 3.05) is 11.9 Å². The van der Waals surface area contributed by atoms with Crippen LogP contribution in [0.15, 0.2) is 84.5 Å². The van der Waals surface area contributed by atoms with E-state index in [1.807, 2.05) is 30.3 Å². The maximum atomic E-state index is 12.5. The molecule has 0 spiro atoms. The van der Waals surface area contributed by atoms with Gasteiger partial charge in [-0.05, 0) is 29.8 Å². The van der Waals surface area contributed by atoms with Gasteiger partial charge in [0.2, 0.25) is 0 Å². The molecule has 7 nitrogen and oxygen atoms in total. The van der Waals surface area contributed by atoms with E-state index in [0.717, 1.165) is 16.1 Å². The van der Waals surface area contributed by atoms with E-state index in [-0.39, 0.29) is 18.4 Å². The third-order valence-electron chi connectivity index (χ3n) is 4.78. The summed E-state index contributed by atoms with van der Waals surface area (Å²) in [7, 11) is 0. The van der Waals surface area contributed by atoms with Crippen molar-refractivity contribution in [2.24, 2.45) is 5.73 Å². The van der Waals surface area contributed by atoms with Gasteiger partial charge in [-0.15, -0.1) is 11.3 Å². The molecule has 0 saturated heterocycles. The summed E-state index contributed by atoms with van der Waals surface area (Å²) in [4.78, 5) is 33.1. The SMILES string of the molecule is NC(CNC(=O)c1csc(-c2ccccc2)n1)c1ccc(C(=O)Nc2ccncc2)cc1. The summed E-state index contributed by atoms with van der Waals surface area (Å²) >= 11 is 1.42. The third-order valence-corrected chi connectivity index (χ3v) is 5.67. The van der Waals surface area contributed by atoms with Crippen LogP contribution in [0.5, 0.6) is 0 Å². The number of aromatic nitrogens is 2. The molecule has 0 aliphatic heterocycles. The van der Waals surface area contributed by atoms with E-state index < -0.39 is 6.04 Å². The third kappa shape index (κ3) is 5.23. The van der Waals surface area contributed by atoms with Gasteiger partial charge in [0.15, 0.2) is 0 Å². The summed E-state index contributed by atoms with van der Waals surface area (Å²) < 4.78 is 0. The second kappa shape index (κ2) is 9.95. The van der Waals surface area contributed by atoms with Crippen molar-refractivity contribution in [1.82, 2.24) is 15.3 Å². The van der Waals surface area contributed by atoms with Gasteiger partial charge < -0.3 is 16.4 Å². The summed E-state index contributed by atoms with van der Waals surface area (Å²) in [5, 5.41) is 8.16. The molecule has 32 heavy (non-hydrogen) atoms. The van der Waals surface area contributed by atoms with E-state index in [4.69, 9.17) is 5.73 Å². The Balaban J connectivity index is 1.32. The largest absolute Gasteiger partial charge is 0.349 e. The number of hydrogen-bond acceptors (Lipinski definition) is 6. The molecule has 8 heteroatoms. The Hall–Kier alpha value is -3.88. The molecular weight excluding hydrogens is 422 g/mol. The smallest absolute Gasteiger partial charge is 0.270 e. The van der Waals surface area contributed by atoms with Crippen molar-refractivity contribution in [3.05, 3.63) is 101 Å². The van der Waals surface area contributed by atoms with E-state index >= 15 is 0 Å². The molecule has 1 atom stereocenters. The van der Waals surface area contributed by atoms with Gasteiger partial charge in [-0.1, -0.05) is 42.5 Å². The number of thiazole rings is 1. The summed E-state index contributed by atoms with van der Waals surface area (Å²) in [6.07, 6.45) is 3.22. The van der Waals surface area contributed by atoms with E-state index in [1.54, 1.807) is 54.2 Å². The Morgan fingerprint density at radius 1 is 0.938 bits per heavy atom. The lowest BCUT2D eigenvalue weighted by atomic mass is 10.0. The maximum Gasteiger partial charge on any atom is 0.270 e. The van der Waals surface area contributed by atoms with Gasteiger partial charge in [0.25, 0.3) is 11.8 Å². The van der Waals surface area contributed by atoms with E-state index in [2.05, 4.69) is 20.6 Å². The molecule has 1 unspecified atom stereocenters. The lowest BCUT2D eigenvalue weighted by Gasteiger charge is -2.13. The predicted molar refractivity (Wildman–Crippen MR) is 125 cm³/mol. The summed E-state index contributed by atoms with van der Waals surface area (Å²) in [5.74, 6) is -0.491. The van der Waals surface area contributed by atoms with E-state index in [9.17, 15) is 9.59 Å². The Morgan fingerprint density at radius 2 is 1.66 bits per heavy atom. The van der Waals surface area contributed by atoms with E-state index in [1.165, 1.54) is 11.3 Å². The van der Waals surface area contributed by atoms with Crippen LogP contribution in [0, 0.1) is 0 Å². The van der Waals surface area contributed by atoms with Gasteiger partial charge in [-0.25, -0.2) is 4.98 Å². The average molecular weight is 444 g/mol. The van der Waals surface area contributed by atoms with Crippen LogP contribution in [0.3, 0.4) is 0 Å². The van der Waals surface area contributed by atoms with Gasteiger partial charge in [0, 0.05) is 47.2 Å². The number of pyridine rings is 1. The zero-order chi connectivity index (χ0) is 22.3. The fourth-order valence-corrected chi connectivity index (χ4v) is 3.83. The number of carbonyl (C=O) groups excluding carboxylic acids is 2. The van der Waals surface area contributed by atoms with Gasteiger partial charge in [-0.3, -0.25) is 14.6 Å². The summed E-state index contributed by atoms with van der Waals surface area (Å²) in [6, 6.07) is 19.7. The number of benzene rings is 2. The standard InChI is InChI=1S/C24H21N5O2S/c25-20(14-27-23(31)21-15-32-24(29-21)18-4-2-1-3-5-18)16-6-8-17(9-7-16)22(30)28-19-10-12-26-13-11-19/h1-13,15,20H,14,25H2,(H,27,31)(H,26,28,30). The Kier molecular flexibility index (Phi) is 6.64. The van der Waals surface area contributed by atoms with Crippen molar-refractivity contribution in [3.8, 4) is 10.6 Å². The van der Waals surface area contributed by atoms with Crippen molar-refractivity contribution in [1.29, 1.82) is 0 Å². The molecule has 2 heterocycles. The highest BCUT2D eigenvalue weighted by molar-refractivity contribution is 7.13. The highest BCUT2D eigenvalue weighted by Crippen LogP contribution is 2.23. The number of nitrogens with zero attached hydrogens (tertiary/aromatic N) is 2. The number of anilines is 1. The van der Waals surface area contributed by atoms with E-state index in [0.29, 0.717) is 16.9 Å². The fourth-order valence-electron chi connectivity index (χ4n) is 3.02. The van der Waals surface area contributed by atoms with Crippen LogP contribution in [0.1, 0.15) is 32.5 Å². The number of nitrogens with one attached hydrogen (secondary N) is 2. The monoisotopic (exact) mass is 443 g/mol. The molecule has 4 aromatic rings. The molecule has 2 aromatic carbocycles. The number of carbonyl (C=O) groups is 2. The van der Waals surface area contributed by atoms with Crippen molar-refractivity contribution < 1.29 is 9.59 Å². The number of nitrogens with two attached hydrogens (primary N) is 1. The average Bonchev–Trinajstić information content (AvgIpc) is 3.34. The molecule has 0 radical (unpaired) electrons. The Labute approximate surface area is 189 Å². The molecule has 4 rings (SSSR count). The molecule has 160 valence electrons. The first-order chi connectivity index (χ1) is 15.6. The molecule has 2 aromatic heterocycles. The topological polar surface area (TPSA) is 110 Å². The molecule has 0 aliphatic rings. The zero-order valence-corrected chi connectivity index (χ0v) is 17.9. The number of rotatable bonds is 7. The quantitative estimate of drug-likeness (QED) is 0.401. The molecule has 0 saturated carbocycles. The second-order valence-corrected chi connectivity index (χ2v) is 7.89. The molecule has 0 fully saturated rings. The highest BCUT2D eigenvalue weighted by Gasteiger charge is 2.14. The first-order valence-corrected chi connectivity index (χ1v) is 10.8. The Bertz CT molecular complexity index is 1190. The second-order valence-electron chi connectivity index (χ2n) is 7.03. The Morgan fingerprint density at radius 3 is 2.38 bits per heavy atom. The van der Waals surface area contributed by atoms with Crippen LogP contribution in [-0.4, -0.2) is 28.3 Å². The van der Waals surface area contributed by atoms with Crippen LogP contribution in [0.2, 0.25) is 0 Å². The maximum absolute atomic E-state index is 12.5. The van der Waals surface area contributed by atoms with Crippen LogP contribution >= 0.6 is 11.3 Å². The first-order valence-electron chi connectivity index (χ1n) is 9.96. The normalized spacial score (nSPS) is 11.5. The minimum atomic E-state index is -0.413. The van der Waals surface area contributed by atoms with Crippen LogP contribution in [0.25, 0.3) is 10.6 Å². The predicted octanol–water partition coefficient (Wildman–Crippen LogP) is 3.89. The number of amides is 2. The van der Waals surface area contributed by atoms with Crippen molar-refractivity contribution in [3.63, 3.8) is 0 Å². The van der Waals surface area contributed by atoms with Crippen LogP contribution in [0.4, 0.5) is 5.69 Å². The van der Waals surface area contributed by atoms with Crippen molar-refractivity contribution >= 4 is 28.8 Å². The minimum absolute atomic E-state index is 0.220. The van der Waals surface area contributed by atoms with Gasteiger partial charge in [0.05, 0.1) is 0 Å². The molecule has 4 N–H and O–H groups in total. The van der Waals surface area contributed by atoms with Gasteiger partial charge in [0.1, 0.15) is 10.7 Å². The number of hydrogen-bond donors (Lipinski definition) is 3. The lowest BCUT2D eigenvalue weighted by Crippen LogP contribution is -2.32. The van der Waals surface area contributed by atoms with Gasteiger partial charge in [-0.2, -0.15) is 0 Å². The highest BCUT2D eigenvalue weighted by atomic mass is 32.1. The van der Waals surface area contributed by atoms with Gasteiger partial charge >= 0.3 is 0 Å². The molecule has 2 amide bonds. The van der Waals surface area contributed by atoms with Crippen LogP contribution in [-0.2, 0) is 0 Å². The summed E-state index contributed by atoms with van der Waals surface area (Å²) in [6.45, 7) is 0.250. The first kappa shape index (κ1) is 21.4. The lowest BCUT2D eigenvalue weighted by molar-refractivity contribution is 0.0946. The zero-order valence-electron chi connectivity index (χ0n) is 17.1.